The molecule has 2 rings (SSSR count). The van der Waals surface area contributed by atoms with E-state index < -0.39 is 10.0 Å². The van der Waals surface area contributed by atoms with E-state index in [0.29, 0.717) is 37.7 Å². The quantitative estimate of drug-likeness (QED) is 0.689. The van der Waals surface area contributed by atoms with Crippen LogP contribution in [0.3, 0.4) is 0 Å². The molecule has 0 radical (unpaired) electrons. The van der Waals surface area contributed by atoms with Crippen LogP contribution in [-0.4, -0.2) is 28.2 Å². The third-order valence-corrected chi connectivity index (χ3v) is 5.14. The summed E-state index contributed by atoms with van der Waals surface area (Å²) >= 11 is 0. The standard InChI is InChI=1S/C20H27NO4S/c1-4-24-19-10-9-17(14-20(19)25-5-2)11-12-21-26(22,23)15-18-8-6-7-16(3)13-18/h6-10,13-14,21H,4-5,11-12,15H2,1-3H3. The zero-order valence-corrected chi connectivity index (χ0v) is 16.4. The summed E-state index contributed by atoms with van der Waals surface area (Å²) < 4.78 is 38.3. The molecule has 142 valence electrons. The van der Waals surface area contributed by atoms with Crippen LogP contribution >= 0.6 is 0 Å². The number of benzene rings is 2. The zero-order chi connectivity index (χ0) is 19.0. The first-order valence-corrected chi connectivity index (χ1v) is 10.5. The average molecular weight is 378 g/mol. The fourth-order valence-electron chi connectivity index (χ4n) is 2.67. The lowest BCUT2D eigenvalue weighted by atomic mass is 10.1. The third kappa shape index (κ3) is 6.35. The molecule has 0 saturated heterocycles. The molecule has 0 aliphatic carbocycles. The van der Waals surface area contributed by atoms with Gasteiger partial charge in [0.05, 0.1) is 19.0 Å². The predicted octanol–water partition coefficient (Wildman–Crippen LogP) is 3.45. The molecule has 6 heteroatoms. The fourth-order valence-corrected chi connectivity index (χ4v) is 3.81. The summed E-state index contributed by atoms with van der Waals surface area (Å²) in [4.78, 5) is 0. The molecule has 0 aliphatic rings. The highest BCUT2D eigenvalue weighted by molar-refractivity contribution is 7.88. The predicted molar refractivity (Wildman–Crippen MR) is 104 cm³/mol. The second-order valence-corrected chi connectivity index (χ2v) is 7.85. The molecule has 0 heterocycles. The molecule has 0 atom stereocenters. The third-order valence-electron chi connectivity index (χ3n) is 3.78. The first kappa shape index (κ1) is 20.3. The molecule has 0 saturated carbocycles. The normalized spacial score (nSPS) is 11.3. The van der Waals surface area contributed by atoms with Gasteiger partial charge in [0.1, 0.15) is 0 Å². The second-order valence-electron chi connectivity index (χ2n) is 6.04. The first-order chi connectivity index (χ1) is 12.4. The highest BCUT2D eigenvalue weighted by atomic mass is 32.2. The molecule has 0 spiro atoms. The van der Waals surface area contributed by atoms with E-state index in [2.05, 4.69) is 4.72 Å². The smallest absolute Gasteiger partial charge is 0.215 e. The number of ether oxygens (including phenoxy) is 2. The van der Waals surface area contributed by atoms with Crippen LogP contribution in [-0.2, 0) is 22.2 Å². The topological polar surface area (TPSA) is 64.6 Å². The Morgan fingerprint density at radius 1 is 0.923 bits per heavy atom. The summed E-state index contributed by atoms with van der Waals surface area (Å²) in [6.07, 6.45) is 0.583. The Bertz CT molecular complexity index is 818. The maximum atomic E-state index is 12.3. The van der Waals surface area contributed by atoms with Crippen molar-refractivity contribution in [1.29, 1.82) is 0 Å². The largest absolute Gasteiger partial charge is 0.490 e. The Morgan fingerprint density at radius 3 is 2.35 bits per heavy atom. The van der Waals surface area contributed by atoms with Crippen LogP contribution in [0.4, 0.5) is 0 Å². The molecular formula is C20H27NO4S. The molecule has 0 amide bonds. The minimum absolute atomic E-state index is 0.0118. The van der Waals surface area contributed by atoms with Crippen molar-refractivity contribution in [3.8, 4) is 11.5 Å². The van der Waals surface area contributed by atoms with Gasteiger partial charge in [0, 0.05) is 6.54 Å². The fraction of sp³-hybridized carbons (Fsp3) is 0.400. The van der Waals surface area contributed by atoms with Crippen molar-refractivity contribution < 1.29 is 17.9 Å². The van der Waals surface area contributed by atoms with E-state index in [-0.39, 0.29) is 5.75 Å². The maximum absolute atomic E-state index is 12.3. The van der Waals surface area contributed by atoms with Crippen molar-refractivity contribution in [2.45, 2.75) is 32.9 Å². The number of aryl methyl sites for hydroxylation is 1. The molecule has 0 aliphatic heterocycles. The minimum Gasteiger partial charge on any atom is -0.490 e. The van der Waals surface area contributed by atoms with Gasteiger partial charge < -0.3 is 9.47 Å². The van der Waals surface area contributed by atoms with E-state index in [4.69, 9.17) is 9.47 Å². The van der Waals surface area contributed by atoms with Crippen molar-refractivity contribution in [2.24, 2.45) is 0 Å². The summed E-state index contributed by atoms with van der Waals surface area (Å²) in [5, 5.41) is 0. The summed E-state index contributed by atoms with van der Waals surface area (Å²) in [5.74, 6) is 1.38. The Morgan fingerprint density at radius 2 is 1.65 bits per heavy atom. The van der Waals surface area contributed by atoms with Crippen LogP contribution in [0.25, 0.3) is 0 Å². The van der Waals surface area contributed by atoms with E-state index in [1.807, 2.05) is 63.2 Å². The van der Waals surface area contributed by atoms with Crippen LogP contribution < -0.4 is 14.2 Å². The summed E-state index contributed by atoms with van der Waals surface area (Å²) in [5.41, 5.74) is 2.84. The van der Waals surface area contributed by atoms with Gasteiger partial charge in [0.15, 0.2) is 11.5 Å². The van der Waals surface area contributed by atoms with E-state index >= 15 is 0 Å². The number of hydrogen-bond donors (Lipinski definition) is 1. The van der Waals surface area contributed by atoms with Gasteiger partial charge in [-0.1, -0.05) is 35.9 Å². The van der Waals surface area contributed by atoms with E-state index in [1.54, 1.807) is 0 Å². The first-order valence-electron chi connectivity index (χ1n) is 8.85. The van der Waals surface area contributed by atoms with Gasteiger partial charge in [-0.05, 0) is 50.5 Å². The van der Waals surface area contributed by atoms with Crippen LogP contribution in [0.2, 0.25) is 0 Å². The number of hydrogen-bond acceptors (Lipinski definition) is 4. The Hall–Kier alpha value is -2.05. The summed E-state index contributed by atoms with van der Waals surface area (Å²) in [6, 6.07) is 13.2. The van der Waals surface area contributed by atoms with E-state index in [9.17, 15) is 8.42 Å². The Balaban J connectivity index is 1.94. The number of sulfonamides is 1. The monoisotopic (exact) mass is 377 g/mol. The molecular weight excluding hydrogens is 350 g/mol. The molecule has 0 unspecified atom stereocenters. The maximum Gasteiger partial charge on any atom is 0.215 e. The molecule has 0 aromatic heterocycles. The van der Waals surface area contributed by atoms with Gasteiger partial charge in [-0.15, -0.1) is 0 Å². The van der Waals surface area contributed by atoms with Crippen LogP contribution in [0, 0.1) is 6.92 Å². The average Bonchev–Trinajstić information content (AvgIpc) is 2.57. The molecule has 0 fully saturated rings. The molecule has 2 aromatic carbocycles. The lowest BCUT2D eigenvalue weighted by Crippen LogP contribution is -2.27. The van der Waals surface area contributed by atoms with Crippen molar-refractivity contribution >= 4 is 10.0 Å². The lowest BCUT2D eigenvalue weighted by Gasteiger charge is -2.13. The van der Waals surface area contributed by atoms with Crippen molar-refractivity contribution in [1.82, 2.24) is 4.72 Å². The van der Waals surface area contributed by atoms with E-state index in [1.165, 1.54) is 0 Å². The van der Waals surface area contributed by atoms with Gasteiger partial charge in [0.2, 0.25) is 10.0 Å². The molecule has 26 heavy (non-hydrogen) atoms. The molecule has 0 bridgehead atoms. The van der Waals surface area contributed by atoms with Crippen LogP contribution in [0.15, 0.2) is 42.5 Å². The Labute approximate surface area is 156 Å². The van der Waals surface area contributed by atoms with Crippen molar-refractivity contribution in [3.05, 3.63) is 59.2 Å². The molecule has 1 N–H and O–H groups in total. The Kier molecular flexibility index (Phi) is 7.48. The highest BCUT2D eigenvalue weighted by Gasteiger charge is 2.12. The summed E-state index contributed by atoms with van der Waals surface area (Å²) in [6.45, 7) is 7.25. The highest BCUT2D eigenvalue weighted by Crippen LogP contribution is 2.28. The second kappa shape index (κ2) is 9.59. The number of rotatable bonds is 10. The number of nitrogens with one attached hydrogen (secondary N) is 1. The summed E-state index contributed by atoms with van der Waals surface area (Å²) in [7, 11) is -3.36. The van der Waals surface area contributed by atoms with Gasteiger partial charge >= 0.3 is 0 Å². The van der Waals surface area contributed by atoms with Crippen LogP contribution in [0.5, 0.6) is 11.5 Å². The van der Waals surface area contributed by atoms with Gasteiger partial charge in [-0.25, -0.2) is 13.1 Å². The van der Waals surface area contributed by atoms with Gasteiger partial charge in [-0.2, -0.15) is 0 Å². The van der Waals surface area contributed by atoms with Crippen molar-refractivity contribution in [2.75, 3.05) is 19.8 Å². The zero-order valence-electron chi connectivity index (χ0n) is 15.6. The van der Waals surface area contributed by atoms with Crippen molar-refractivity contribution in [3.63, 3.8) is 0 Å². The molecule has 2 aromatic rings. The minimum atomic E-state index is -3.36. The SMILES string of the molecule is CCOc1ccc(CCNS(=O)(=O)Cc2cccc(C)c2)cc1OCC. The van der Waals surface area contributed by atoms with E-state index in [0.717, 1.165) is 16.7 Å². The molecule has 5 nitrogen and oxygen atoms in total. The van der Waals surface area contributed by atoms with Gasteiger partial charge in [-0.3, -0.25) is 0 Å². The van der Waals surface area contributed by atoms with Gasteiger partial charge in [0.25, 0.3) is 0 Å². The van der Waals surface area contributed by atoms with Crippen LogP contribution in [0.1, 0.15) is 30.5 Å². The lowest BCUT2D eigenvalue weighted by molar-refractivity contribution is 0.287.